The number of hydrogen-bond acceptors (Lipinski definition) is 0. The second-order valence-electron chi connectivity index (χ2n) is 2.23. The molecule has 1 radical (unpaired) electrons. The van der Waals surface area contributed by atoms with Crippen LogP contribution in [0.2, 0.25) is 0 Å². The van der Waals surface area contributed by atoms with E-state index in [1.54, 1.807) is 0 Å². The minimum Gasteiger partial charge on any atom is -0.236 e. The standard InChI is InChI=1S/C5H4F7O/c6-3(7,1-2-13)4(8,9)5(10,11)12/h1-2H2. The summed E-state index contributed by atoms with van der Waals surface area (Å²) in [5.41, 5.74) is 0. The van der Waals surface area contributed by atoms with E-state index in [1.165, 1.54) is 0 Å². The van der Waals surface area contributed by atoms with Crippen LogP contribution in [-0.2, 0) is 5.11 Å². The highest BCUT2D eigenvalue weighted by atomic mass is 19.4. The SMILES string of the molecule is [O]CCC(F)(F)C(F)(F)C(F)(F)F. The van der Waals surface area contributed by atoms with Crippen molar-refractivity contribution in [3.63, 3.8) is 0 Å². The molecule has 0 aromatic heterocycles. The first-order valence-corrected chi connectivity index (χ1v) is 2.97. The summed E-state index contributed by atoms with van der Waals surface area (Å²) in [6, 6.07) is 0. The van der Waals surface area contributed by atoms with Crippen LogP contribution in [-0.4, -0.2) is 24.6 Å². The van der Waals surface area contributed by atoms with Crippen LogP contribution in [0.1, 0.15) is 6.42 Å². The molecule has 79 valence electrons. The van der Waals surface area contributed by atoms with Crippen LogP contribution < -0.4 is 0 Å². The molecular formula is C5H4F7O. The Hall–Kier alpha value is -0.530. The van der Waals surface area contributed by atoms with Crippen molar-refractivity contribution in [3.8, 4) is 0 Å². The molecule has 13 heavy (non-hydrogen) atoms. The van der Waals surface area contributed by atoms with E-state index in [0.717, 1.165) is 0 Å². The van der Waals surface area contributed by atoms with Gasteiger partial charge >= 0.3 is 18.0 Å². The zero-order valence-electron chi connectivity index (χ0n) is 5.97. The summed E-state index contributed by atoms with van der Waals surface area (Å²) >= 11 is 0. The fraction of sp³-hybridized carbons (Fsp3) is 1.00. The van der Waals surface area contributed by atoms with Crippen molar-refractivity contribution in [2.45, 2.75) is 24.4 Å². The predicted molar refractivity (Wildman–Crippen MR) is 26.1 cm³/mol. The van der Waals surface area contributed by atoms with Gasteiger partial charge in [0.1, 0.15) is 0 Å². The Balaban J connectivity index is 4.81. The lowest BCUT2D eigenvalue weighted by Crippen LogP contribution is -2.52. The van der Waals surface area contributed by atoms with Gasteiger partial charge < -0.3 is 0 Å². The van der Waals surface area contributed by atoms with Crippen LogP contribution >= 0.6 is 0 Å². The van der Waals surface area contributed by atoms with Gasteiger partial charge in [-0.25, -0.2) is 5.11 Å². The van der Waals surface area contributed by atoms with Gasteiger partial charge in [0, 0.05) is 6.42 Å². The summed E-state index contributed by atoms with van der Waals surface area (Å²) < 4.78 is 81.8. The normalized spacial score (nSPS) is 14.8. The van der Waals surface area contributed by atoms with Gasteiger partial charge in [0.05, 0.1) is 6.61 Å². The molecule has 0 fully saturated rings. The van der Waals surface area contributed by atoms with Crippen molar-refractivity contribution in [1.29, 1.82) is 0 Å². The second-order valence-corrected chi connectivity index (χ2v) is 2.23. The molecule has 0 saturated heterocycles. The highest BCUT2D eigenvalue weighted by Gasteiger charge is 2.72. The maximum atomic E-state index is 12.0. The third-order valence-corrected chi connectivity index (χ3v) is 1.23. The van der Waals surface area contributed by atoms with Gasteiger partial charge in [-0.05, 0) is 0 Å². The van der Waals surface area contributed by atoms with E-state index in [0.29, 0.717) is 0 Å². The first kappa shape index (κ1) is 12.5. The molecule has 0 heterocycles. The van der Waals surface area contributed by atoms with Crippen molar-refractivity contribution in [2.24, 2.45) is 0 Å². The lowest BCUT2D eigenvalue weighted by atomic mass is 10.1. The van der Waals surface area contributed by atoms with Crippen molar-refractivity contribution in [3.05, 3.63) is 0 Å². The summed E-state index contributed by atoms with van der Waals surface area (Å²) in [6.45, 7) is -1.70. The summed E-state index contributed by atoms with van der Waals surface area (Å²) in [6.07, 6.45) is -8.38. The molecule has 0 atom stereocenters. The molecule has 1 nitrogen and oxygen atoms in total. The maximum absolute atomic E-state index is 12.0. The van der Waals surface area contributed by atoms with Gasteiger partial charge in [0.2, 0.25) is 0 Å². The molecule has 0 N–H and O–H groups in total. The molecule has 0 aromatic carbocycles. The molecule has 0 rings (SSSR count). The number of alkyl halides is 7. The monoisotopic (exact) mass is 213 g/mol. The fourth-order valence-corrected chi connectivity index (χ4v) is 0.493. The Morgan fingerprint density at radius 1 is 0.846 bits per heavy atom. The molecule has 0 saturated carbocycles. The Kier molecular flexibility index (Phi) is 3.18. The molecule has 8 heteroatoms. The van der Waals surface area contributed by atoms with Crippen molar-refractivity contribution < 1.29 is 35.8 Å². The van der Waals surface area contributed by atoms with Crippen molar-refractivity contribution >= 4 is 0 Å². The van der Waals surface area contributed by atoms with Gasteiger partial charge in [-0.1, -0.05) is 0 Å². The highest BCUT2D eigenvalue weighted by molar-refractivity contribution is 4.90. The molecular weight excluding hydrogens is 209 g/mol. The number of hydrogen-bond donors (Lipinski definition) is 0. The largest absolute Gasteiger partial charge is 0.459 e. The first-order valence-electron chi connectivity index (χ1n) is 2.97. The quantitative estimate of drug-likeness (QED) is 0.642. The van der Waals surface area contributed by atoms with E-state index in [2.05, 4.69) is 0 Å². The minimum absolute atomic E-state index is 1.70. The van der Waals surface area contributed by atoms with Crippen LogP contribution in [0.3, 0.4) is 0 Å². The molecule has 0 unspecified atom stereocenters. The zero-order chi connectivity index (χ0) is 10.9. The Morgan fingerprint density at radius 3 is 1.46 bits per heavy atom. The molecule has 0 bridgehead atoms. The maximum Gasteiger partial charge on any atom is 0.459 e. The highest BCUT2D eigenvalue weighted by Crippen LogP contribution is 2.47. The smallest absolute Gasteiger partial charge is 0.236 e. The average molecular weight is 213 g/mol. The fourth-order valence-electron chi connectivity index (χ4n) is 0.493. The topological polar surface area (TPSA) is 19.9 Å². The minimum atomic E-state index is -6.34. The van der Waals surface area contributed by atoms with Crippen LogP contribution in [0.5, 0.6) is 0 Å². The van der Waals surface area contributed by atoms with Crippen LogP contribution in [0.25, 0.3) is 0 Å². The first-order chi connectivity index (χ1) is 5.56. The van der Waals surface area contributed by atoms with Crippen LogP contribution in [0.15, 0.2) is 0 Å². The van der Waals surface area contributed by atoms with Gasteiger partial charge in [-0.3, -0.25) is 0 Å². The Labute approximate surface area is 68.2 Å². The summed E-state index contributed by atoms with van der Waals surface area (Å²) in [4.78, 5) is 0. The predicted octanol–water partition coefficient (Wildman–Crippen LogP) is 2.64. The molecule has 0 aliphatic rings. The van der Waals surface area contributed by atoms with Crippen LogP contribution in [0.4, 0.5) is 30.7 Å². The van der Waals surface area contributed by atoms with E-state index in [4.69, 9.17) is 0 Å². The molecule has 0 aromatic rings. The zero-order valence-corrected chi connectivity index (χ0v) is 5.97. The van der Waals surface area contributed by atoms with Crippen molar-refractivity contribution in [1.82, 2.24) is 0 Å². The lowest BCUT2D eigenvalue weighted by molar-refractivity contribution is -0.356. The van der Waals surface area contributed by atoms with E-state index in [1.807, 2.05) is 0 Å². The summed E-state index contributed by atoms with van der Waals surface area (Å²) in [5.74, 6) is -11.5. The molecule has 0 aliphatic heterocycles. The molecule has 0 amide bonds. The summed E-state index contributed by atoms with van der Waals surface area (Å²) in [5, 5.41) is 9.54. The van der Waals surface area contributed by atoms with E-state index in [-0.39, 0.29) is 0 Å². The summed E-state index contributed by atoms with van der Waals surface area (Å²) in [7, 11) is 0. The lowest BCUT2D eigenvalue weighted by Gasteiger charge is -2.27. The van der Waals surface area contributed by atoms with Gasteiger partial charge in [-0.2, -0.15) is 30.7 Å². The molecule has 0 aliphatic carbocycles. The Bertz CT molecular complexity index is 172. The van der Waals surface area contributed by atoms with Gasteiger partial charge in [-0.15, -0.1) is 0 Å². The van der Waals surface area contributed by atoms with Gasteiger partial charge in [0.25, 0.3) is 0 Å². The second kappa shape index (κ2) is 3.32. The number of halogens is 7. The number of rotatable bonds is 3. The average Bonchev–Trinajstić information content (AvgIpc) is 1.84. The third-order valence-electron chi connectivity index (χ3n) is 1.23. The van der Waals surface area contributed by atoms with Gasteiger partial charge in [0.15, 0.2) is 0 Å². The van der Waals surface area contributed by atoms with E-state index >= 15 is 0 Å². The molecule has 0 spiro atoms. The van der Waals surface area contributed by atoms with Crippen LogP contribution in [0, 0.1) is 0 Å². The van der Waals surface area contributed by atoms with Crippen molar-refractivity contribution in [2.75, 3.05) is 6.61 Å². The Morgan fingerprint density at radius 2 is 1.23 bits per heavy atom. The van der Waals surface area contributed by atoms with E-state index < -0.39 is 31.0 Å². The van der Waals surface area contributed by atoms with E-state index in [9.17, 15) is 35.8 Å². The third kappa shape index (κ3) is 2.23.